The highest BCUT2D eigenvalue weighted by molar-refractivity contribution is 5.84. The zero-order valence-corrected chi connectivity index (χ0v) is 10.2. The second-order valence-electron chi connectivity index (χ2n) is 4.03. The van der Waals surface area contributed by atoms with Gasteiger partial charge >= 0.3 is 0 Å². The summed E-state index contributed by atoms with van der Waals surface area (Å²) in [6.45, 7) is 7.29. The molecule has 2 aromatic rings. The summed E-state index contributed by atoms with van der Waals surface area (Å²) >= 11 is 0. The Kier molecular flexibility index (Phi) is 3.09. The van der Waals surface area contributed by atoms with Gasteiger partial charge in [0.25, 0.3) is 0 Å². The molecule has 1 heterocycles. The van der Waals surface area contributed by atoms with E-state index in [4.69, 9.17) is 4.98 Å². The summed E-state index contributed by atoms with van der Waals surface area (Å²) in [5.41, 5.74) is 3.63. The largest absolute Gasteiger partial charge is 0.370 e. The van der Waals surface area contributed by atoms with Gasteiger partial charge in [-0.15, -0.1) is 0 Å². The summed E-state index contributed by atoms with van der Waals surface area (Å²) < 4.78 is 0. The molecular weight excluding hydrogens is 196 g/mol. The summed E-state index contributed by atoms with van der Waals surface area (Å²) in [7, 11) is 0. The van der Waals surface area contributed by atoms with E-state index in [9.17, 15) is 0 Å². The number of aryl methyl sites for hydroxylation is 2. The van der Waals surface area contributed by atoms with Gasteiger partial charge in [0, 0.05) is 11.9 Å². The molecule has 1 aromatic heterocycles. The van der Waals surface area contributed by atoms with Gasteiger partial charge < -0.3 is 5.32 Å². The third-order valence-corrected chi connectivity index (χ3v) is 2.85. The van der Waals surface area contributed by atoms with Gasteiger partial charge in [-0.05, 0) is 37.5 Å². The lowest BCUT2D eigenvalue weighted by Gasteiger charge is -2.11. The smallest absolute Gasteiger partial charge is 0.129 e. The van der Waals surface area contributed by atoms with E-state index < -0.39 is 0 Å². The minimum atomic E-state index is 0.914. The van der Waals surface area contributed by atoms with Gasteiger partial charge in [-0.2, -0.15) is 0 Å². The lowest BCUT2D eigenvalue weighted by atomic mass is 10.1. The molecule has 16 heavy (non-hydrogen) atoms. The average molecular weight is 214 g/mol. The number of aromatic nitrogens is 1. The molecular formula is C14H18N2. The van der Waals surface area contributed by atoms with Crippen LogP contribution in [0.3, 0.4) is 0 Å². The number of nitrogens with zero attached hydrogens (tertiary/aromatic N) is 1. The SMILES string of the molecule is CCNc1nc2c(C)cccc2cc1CC. The first-order chi connectivity index (χ1) is 7.76. The maximum atomic E-state index is 4.72. The number of rotatable bonds is 3. The van der Waals surface area contributed by atoms with E-state index in [2.05, 4.69) is 50.4 Å². The molecule has 0 fully saturated rings. The molecule has 0 saturated carbocycles. The molecule has 84 valence electrons. The third kappa shape index (κ3) is 1.87. The van der Waals surface area contributed by atoms with Gasteiger partial charge in [0.15, 0.2) is 0 Å². The zero-order valence-electron chi connectivity index (χ0n) is 10.2. The Labute approximate surface area is 96.7 Å². The molecule has 0 saturated heterocycles. The van der Waals surface area contributed by atoms with Crippen LogP contribution in [0.2, 0.25) is 0 Å². The fraction of sp³-hybridized carbons (Fsp3) is 0.357. The fourth-order valence-corrected chi connectivity index (χ4v) is 1.98. The van der Waals surface area contributed by atoms with Crippen molar-refractivity contribution < 1.29 is 0 Å². The first kappa shape index (κ1) is 10.9. The van der Waals surface area contributed by atoms with E-state index in [0.29, 0.717) is 0 Å². The van der Waals surface area contributed by atoms with Crippen molar-refractivity contribution in [1.29, 1.82) is 0 Å². The Hall–Kier alpha value is -1.57. The van der Waals surface area contributed by atoms with Gasteiger partial charge in [0.1, 0.15) is 5.82 Å². The number of benzene rings is 1. The standard InChI is InChI=1S/C14H18N2/c1-4-11-9-12-8-6-7-10(3)13(12)16-14(11)15-5-2/h6-9H,4-5H2,1-3H3,(H,15,16). The van der Waals surface area contributed by atoms with Gasteiger partial charge in [-0.3, -0.25) is 0 Å². The Morgan fingerprint density at radius 1 is 1.25 bits per heavy atom. The molecule has 0 spiro atoms. The summed E-state index contributed by atoms with van der Waals surface area (Å²) in [4.78, 5) is 4.72. The summed E-state index contributed by atoms with van der Waals surface area (Å²) in [6.07, 6.45) is 1.01. The first-order valence-corrected chi connectivity index (χ1v) is 5.89. The van der Waals surface area contributed by atoms with Gasteiger partial charge in [-0.25, -0.2) is 4.98 Å². The Bertz CT molecular complexity index is 503. The number of para-hydroxylation sites is 1. The van der Waals surface area contributed by atoms with Crippen LogP contribution in [0.1, 0.15) is 25.0 Å². The van der Waals surface area contributed by atoms with Gasteiger partial charge in [-0.1, -0.05) is 25.1 Å². The van der Waals surface area contributed by atoms with Crippen LogP contribution in [0.5, 0.6) is 0 Å². The van der Waals surface area contributed by atoms with E-state index in [0.717, 1.165) is 24.3 Å². The summed E-state index contributed by atoms with van der Waals surface area (Å²) in [5, 5.41) is 4.57. The van der Waals surface area contributed by atoms with Crippen LogP contribution in [0.15, 0.2) is 24.3 Å². The van der Waals surface area contributed by atoms with Gasteiger partial charge in [0.05, 0.1) is 5.52 Å². The van der Waals surface area contributed by atoms with Gasteiger partial charge in [0.2, 0.25) is 0 Å². The van der Waals surface area contributed by atoms with Crippen LogP contribution in [0.25, 0.3) is 10.9 Å². The molecule has 0 aliphatic rings. The molecule has 0 unspecified atom stereocenters. The molecule has 0 bridgehead atoms. The molecule has 0 amide bonds. The molecule has 2 heteroatoms. The maximum absolute atomic E-state index is 4.72. The Balaban J connectivity index is 2.65. The second-order valence-corrected chi connectivity index (χ2v) is 4.03. The molecule has 0 aliphatic carbocycles. The van der Waals surface area contributed by atoms with Crippen molar-refractivity contribution in [2.24, 2.45) is 0 Å². The number of pyridine rings is 1. The topological polar surface area (TPSA) is 24.9 Å². The normalized spacial score (nSPS) is 10.7. The van der Waals surface area contributed by atoms with Crippen molar-refractivity contribution in [3.8, 4) is 0 Å². The van der Waals surface area contributed by atoms with Crippen molar-refractivity contribution in [3.05, 3.63) is 35.4 Å². The number of hydrogen-bond acceptors (Lipinski definition) is 2. The van der Waals surface area contributed by atoms with Crippen molar-refractivity contribution in [3.63, 3.8) is 0 Å². The average Bonchev–Trinajstić information content (AvgIpc) is 2.30. The minimum Gasteiger partial charge on any atom is -0.370 e. The van der Waals surface area contributed by atoms with E-state index in [-0.39, 0.29) is 0 Å². The molecule has 0 aliphatic heterocycles. The summed E-state index contributed by atoms with van der Waals surface area (Å²) in [5.74, 6) is 1.03. The predicted octanol–water partition coefficient (Wildman–Crippen LogP) is 3.54. The highest BCUT2D eigenvalue weighted by Gasteiger charge is 2.05. The van der Waals surface area contributed by atoms with E-state index in [1.807, 2.05) is 0 Å². The van der Waals surface area contributed by atoms with Crippen LogP contribution in [-0.2, 0) is 6.42 Å². The van der Waals surface area contributed by atoms with E-state index >= 15 is 0 Å². The number of fused-ring (bicyclic) bond motifs is 1. The molecule has 2 rings (SSSR count). The van der Waals surface area contributed by atoms with Crippen molar-refractivity contribution in [1.82, 2.24) is 4.98 Å². The minimum absolute atomic E-state index is 0.914. The van der Waals surface area contributed by atoms with Crippen LogP contribution < -0.4 is 5.32 Å². The molecule has 0 atom stereocenters. The molecule has 1 aromatic carbocycles. The maximum Gasteiger partial charge on any atom is 0.129 e. The fourth-order valence-electron chi connectivity index (χ4n) is 1.98. The lowest BCUT2D eigenvalue weighted by molar-refractivity contribution is 1.08. The van der Waals surface area contributed by atoms with Crippen molar-refractivity contribution in [2.45, 2.75) is 27.2 Å². The van der Waals surface area contributed by atoms with E-state index in [1.54, 1.807) is 0 Å². The van der Waals surface area contributed by atoms with Crippen LogP contribution >= 0.6 is 0 Å². The highest BCUT2D eigenvalue weighted by Crippen LogP contribution is 2.23. The van der Waals surface area contributed by atoms with Crippen LogP contribution in [-0.4, -0.2) is 11.5 Å². The molecule has 0 radical (unpaired) electrons. The van der Waals surface area contributed by atoms with Crippen molar-refractivity contribution in [2.75, 3.05) is 11.9 Å². The summed E-state index contributed by atoms with van der Waals surface area (Å²) in [6, 6.07) is 8.57. The van der Waals surface area contributed by atoms with Crippen LogP contribution in [0, 0.1) is 6.92 Å². The van der Waals surface area contributed by atoms with E-state index in [1.165, 1.54) is 16.5 Å². The Morgan fingerprint density at radius 3 is 2.75 bits per heavy atom. The molecule has 1 N–H and O–H groups in total. The first-order valence-electron chi connectivity index (χ1n) is 5.89. The predicted molar refractivity (Wildman–Crippen MR) is 70.0 cm³/mol. The quantitative estimate of drug-likeness (QED) is 0.845. The lowest BCUT2D eigenvalue weighted by Crippen LogP contribution is -2.03. The zero-order chi connectivity index (χ0) is 11.5. The second kappa shape index (κ2) is 4.52. The van der Waals surface area contributed by atoms with Crippen LogP contribution in [0.4, 0.5) is 5.82 Å². The monoisotopic (exact) mass is 214 g/mol. The Morgan fingerprint density at radius 2 is 2.06 bits per heavy atom. The highest BCUT2D eigenvalue weighted by atomic mass is 15.0. The van der Waals surface area contributed by atoms with Crippen molar-refractivity contribution >= 4 is 16.7 Å². The molecule has 2 nitrogen and oxygen atoms in total. The number of nitrogens with one attached hydrogen (secondary N) is 1. The number of hydrogen-bond donors (Lipinski definition) is 1. The number of anilines is 1. The third-order valence-electron chi connectivity index (χ3n) is 2.85.